The van der Waals surface area contributed by atoms with Gasteiger partial charge in [-0.15, -0.1) is 11.3 Å². The predicted molar refractivity (Wildman–Crippen MR) is 77.0 cm³/mol. The van der Waals surface area contributed by atoms with Gasteiger partial charge in [-0.05, 0) is 12.1 Å². The lowest BCUT2D eigenvalue weighted by atomic mass is 10.2. The van der Waals surface area contributed by atoms with E-state index < -0.39 is 5.97 Å². The molecule has 0 aliphatic rings. The highest BCUT2D eigenvalue weighted by molar-refractivity contribution is 7.13. The number of esters is 1. The van der Waals surface area contributed by atoms with Crippen molar-refractivity contribution >= 4 is 39.9 Å². The van der Waals surface area contributed by atoms with Crippen molar-refractivity contribution in [2.24, 2.45) is 0 Å². The first-order chi connectivity index (χ1) is 9.56. The molecule has 0 aliphatic heterocycles. The quantitative estimate of drug-likeness (QED) is 0.881. The number of carbonyl (C=O) groups is 2. The topological polar surface area (TPSA) is 68.3 Å². The Morgan fingerprint density at radius 2 is 2.15 bits per heavy atom. The molecule has 1 heterocycles. The van der Waals surface area contributed by atoms with Crippen LogP contribution >= 0.6 is 22.9 Å². The fraction of sp³-hybridized carbons (Fsp3) is 0.154. The molecule has 104 valence electrons. The SMILES string of the molecule is CC(=O)Nc1nc(COC(=O)c2ccccc2Cl)cs1. The maximum absolute atomic E-state index is 11.8. The Hall–Kier alpha value is -1.92. The van der Waals surface area contributed by atoms with Gasteiger partial charge >= 0.3 is 5.97 Å². The van der Waals surface area contributed by atoms with Crippen molar-refractivity contribution in [3.8, 4) is 0 Å². The third-order valence-electron chi connectivity index (χ3n) is 2.28. The first-order valence-electron chi connectivity index (χ1n) is 5.70. The fourth-order valence-corrected chi connectivity index (χ4v) is 2.38. The maximum atomic E-state index is 11.8. The number of anilines is 1. The van der Waals surface area contributed by atoms with Gasteiger partial charge in [0.15, 0.2) is 5.13 Å². The Kier molecular flexibility index (Phi) is 4.70. The second-order valence-corrected chi connectivity index (χ2v) is 5.15. The van der Waals surface area contributed by atoms with E-state index in [0.717, 1.165) is 0 Å². The van der Waals surface area contributed by atoms with Crippen molar-refractivity contribution in [1.82, 2.24) is 4.98 Å². The van der Waals surface area contributed by atoms with Gasteiger partial charge in [0.1, 0.15) is 6.61 Å². The number of ether oxygens (including phenoxy) is 1. The second-order valence-electron chi connectivity index (χ2n) is 3.88. The van der Waals surface area contributed by atoms with Gasteiger partial charge in [0.2, 0.25) is 5.91 Å². The lowest BCUT2D eigenvalue weighted by molar-refractivity contribution is -0.114. The number of thiazole rings is 1. The first kappa shape index (κ1) is 14.5. The van der Waals surface area contributed by atoms with Gasteiger partial charge in [0.25, 0.3) is 0 Å². The van der Waals surface area contributed by atoms with Crippen LogP contribution in [0, 0.1) is 0 Å². The summed E-state index contributed by atoms with van der Waals surface area (Å²) in [5, 5.41) is 5.09. The smallest absolute Gasteiger partial charge is 0.340 e. The van der Waals surface area contributed by atoms with Gasteiger partial charge in [0, 0.05) is 12.3 Å². The van der Waals surface area contributed by atoms with Crippen LogP contribution in [-0.2, 0) is 16.1 Å². The van der Waals surface area contributed by atoms with E-state index in [2.05, 4.69) is 10.3 Å². The van der Waals surface area contributed by atoms with Crippen molar-refractivity contribution in [2.75, 3.05) is 5.32 Å². The van der Waals surface area contributed by atoms with Crippen molar-refractivity contribution in [3.63, 3.8) is 0 Å². The summed E-state index contributed by atoms with van der Waals surface area (Å²) in [4.78, 5) is 26.8. The monoisotopic (exact) mass is 310 g/mol. The molecule has 0 spiro atoms. The van der Waals surface area contributed by atoms with Crippen LogP contribution in [-0.4, -0.2) is 16.9 Å². The van der Waals surface area contributed by atoms with E-state index in [1.54, 1.807) is 29.6 Å². The third kappa shape index (κ3) is 3.79. The second kappa shape index (κ2) is 6.49. The van der Waals surface area contributed by atoms with Crippen LogP contribution in [0.25, 0.3) is 0 Å². The normalized spacial score (nSPS) is 10.1. The van der Waals surface area contributed by atoms with Gasteiger partial charge in [-0.1, -0.05) is 23.7 Å². The van der Waals surface area contributed by atoms with Gasteiger partial charge in [-0.2, -0.15) is 0 Å². The number of nitrogens with zero attached hydrogens (tertiary/aromatic N) is 1. The number of rotatable bonds is 4. The first-order valence-corrected chi connectivity index (χ1v) is 6.95. The molecule has 0 unspecified atom stereocenters. The minimum Gasteiger partial charge on any atom is -0.456 e. The zero-order chi connectivity index (χ0) is 14.5. The molecule has 1 N–H and O–H groups in total. The Labute approximate surface area is 124 Å². The van der Waals surface area contributed by atoms with Gasteiger partial charge in [-0.25, -0.2) is 9.78 Å². The molecule has 1 aromatic heterocycles. The minimum absolute atomic E-state index is 0.0279. The lowest BCUT2D eigenvalue weighted by Gasteiger charge is -2.04. The Balaban J connectivity index is 1.95. The van der Waals surface area contributed by atoms with Crippen LogP contribution < -0.4 is 5.32 Å². The number of hydrogen-bond acceptors (Lipinski definition) is 5. The van der Waals surface area contributed by atoms with E-state index in [1.165, 1.54) is 18.3 Å². The molecule has 0 aliphatic carbocycles. The number of halogens is 1. The molecule has 5 nitrogen and oxygen atoms in total. The van der Waals surface area contributed by atoms with Crippen LogP contribution in [0.5, 0.6) is 0 Å². The molecule has 1 aromatic carbocycles. The summed E-state index contributed by atoms with van der Waals surface area (Å²) in [6.45, 7) is 1.43. The predicted octanol–water partition coefficient (Wildman–Crippen LogP) is 3.11. The number of amides is 1. The maximum Gasteiger partial charge on any atom is 0.340 e. The number of hydrogen-bond donors (Lipinski definition) is 1. The summed E-state index contributed by atoms with van der Waals surface area (Å²) < 4.78 is 5.12. The van der Waals surface area contributed by atoms with E-state index in [0.29, 0.717) is 21.4 Å². The highest BCUT2D eigenvalue weighted by Crippen LogP contribution is 2.18. The zero-order valence-electron chi connectivity index (χ0n) is 10.6. The van der Waals surface area contributed by atoms with E-state index in [4.69, 9.17) is 16.3 Å². The molecule has 0 bridgehead atoms. The number of benzene rings is 1. The number of carbonyl (C=O) groups excluding carboxylic acids is 2. The summed E-state index contributed by atoms with van der Waals surface area (Å²) >= 11 is 7.17. The van der Waals surface area contributed by atoms with Gasteiger partial charge in [0.05, 0.1) is 16.3 Å². The van der Waals surface area contributed by atoms with E-state index in [-0.39, 0.29) is 12.5 Å². The van der Waals surface area contributed by atoms with Crippen molar-refractivity contribution < 1.29 is 14.3 Å². The average molecular weight is 311 g/mol. The minimum atomic E-state index is -0.510. The molecular formula is C13H11ClN2O3S. The van der Waals surface area contributed by atoms with Gasteiger partial charge < -0.3 is 10.1 Å². The van der Waals surface area contributed by atoms with Crippen molar-refractivity contribution in [2.45, 2.75) is 13.5 Å². The molecular weight excluding hydrogens is 300 g/mol. The average Bonchev–Trinajstić information content (AvgIpc) is 2.83. The molecule has 0 fully saturated rings. The van der Waals surface area contributed by atoms with E-state index in [1.807, 2.05) is 0 Å². The molecule has 1 amide bonds. The Morgan fingerprint density at radius 1 is 1.40 bits per heavy atom. The largest absolute Gasteiger partial charge is 0.456 e. The molecule has 0 radical (unpaired) electrons. The zero-order valence-corrected chi connectivity index (χ0v) is 12.1. The molecule has 0 saturated carbocycles. The molecule has 0 saturated heterocycles. The van der Waals surface area contributed by atoms with E-state index >= 15 is 0 Å². The Morgan fingerprint density at radius 3 is 2.85 bits per heavy atom. The molecule has 0 atom stereocenters. The van der Waals surface area contributed by atoms with Crippen molar-refractivity contribution in [3.05, 3.63) is 45.9 Å². The van der Waals surface area contributed by atoms with Crippen LogP contribution in [0.15, 0.2) is 29.6 Å². The standard InChI is InChI=1S/C13H11ClN2O3S/c1-8(17)15-13-16-9(7-20-13)6-19-12(18)10-4-2-3-5-11(10)14/h2-5,7H,6H2,1H3,(H,15,16,17). The van der Waals surface area contributed by atoms with E-state index in [9.17, 15) is 9.59 Å². The summed E-state index contributed by atoms with van der Waals surface area (Å²) in [5.41, 5.74) is 0.880. The molecule has 7 heteroatoms. The lowest BCUT2D eigenvalue weighted by Crippen LogP contribution is -2.07. The fourth-order valence-electron chi connectivity index (χ4n) is 1.43. The summed E-state index contributed by atoms with van der Waals surface area (Å²) in [7, 11) is 0. The molecule has 2 aromatic rings. The van der Waals surface area contributed by atoms with Crippen molar-refractivity contribution in [1.29, 1.82) is 0 Å². The molecule has 2 rings (SSSR count). The highest BCUT2D eigenvalue weighted by atomic mass is 35.5. The Bertz CT molecular complexity index is 642. The summed E-state index contributed by atoms with van der Waals surface area (Å²) in [5.74, 6) is -0.705. The highest BCUT2D eigenvalue weighted by Gasteiger charge is 2.12. The summed E-state index contributed by atoms with van der Waals surface area (Å²) in [6.07, 6.45) is 0. The van der Waals surface area contributed by atoms with Gasteiger partial charge in [-0.3, -0.25) is 4.79 Å². The van der Waals surface area contributed by atoms with Crippen LogP contribution in [0.1, 0.15) is 23.0 Å². The number of aromatic nitrogens is 1. The third-order valence-corrected chi connectivity index (χ3v) is 3.42. The molecule has 20 heavy (non-hydrogen) atoms. The van der Waals surface area contributed by atoms with Crippen LogP contribution in [0.4, 0.5) is 5.13 Å². The number of nitrogens with one attached hydrogen (secondary N) is 1. The van der Waals surface area contributed by atoms with Crippen LogP contribution in [0.3, 0.4) is 0 Å². The summed E-state index contributed by atoms with van der Waals surface area (Å²) in [6, 6.07) is 6.66. The van der Waals surface area contributed by atoms with Crippen LogP contribution in [0.2, 0.25) is 5.02 Å².